The molecule has 2 heterocycles. The van der Waals surface area contributed by atoms with Gasteiger partial charge in [-0.3, -0.25) is 14.2 Å². The van der Waals surface area contributed by atoms with Gasteiger partial charge in [0.2, 0.25) is 5.91 Å². The minimum atomic E-state index is -0.168. The number of para-hydroxylation sites is 1. The van der Waals surface area contributed by atoms with Crippen molar-refractivity contribution in [3.05, 3.63) is 40.9 Å². The van der Waals surface area contributed by atoms with E-state index in [1.165, 1.54) is 10.9 Å². The molecule has 1 unspecified atom stereocenters. The van der Waals surface area contributed by atoms with Crippen molar-refractivity contribution in [2.75, 3.05) is 20.1 Å². The van der Waals surface area contributed by atoms with E-state index in [1.54, 1.807) is 23.1 Å². The zero-order valence-electron chi connectivity index (χ0n) is 12.0. The smallest absolute Gasteiger partial charge is 0.261 e. The van der Waals surface area contributed by atoms with Gasteiger partial charge in [0.05, 0.1) is 17.2 Å². The second-order valence-corrected chi connectivity index (χ2v) is 5.31. The third-order valence-electron chi connectivity index (χ3n) is 3.99. The fourth-order valence-electron chi connectivity index (χ4n) is 2.69. The van der Waals surface area contributed by atoms with Crippen molar-refractivity contribution in [1.29, 1.82) is 0 Å². The Hall–Kier alpha value is -2.21. The Morgan fingerprint density at radius 2 is 2.24 bits per heavy atom. The molecule has 21 heavy (non-hydrogen) atoms. The number of amides is 1. The zero-order valence-corrected chi connectivity index (χ0v) is 12.0. The van der Waals surface area contributed by atoms with Crippen molar-refractivity contribution in [2.24, 2.45) is 0 Å². The number of benzene rings is 1. The van der Waals surface area contributed by atoms with Gasteiger partial charge in [0.25, 0.3) is 5.56 Å². The van der Waals surface area contributed by atoms with E-state index in [0.717, 1.165) is 13.0 Å². The molecule has 1 aliphatic rings. The fraction of sp³-hybridized carbons (Fsp3) is 0.400. The lowest BCUT2D eigenvalue weighted by molar-refractivity contribution is -0.130. The SMILES string of the molecule is CNC1CCN(C(=O)Cn2cnc3ccccc3c2=O)C1. The maximum Gasteiger partial charge on any atom is 0.261 e. The third-order valence-corrected chi connectivity index (χ3v) is 3.99. The largest absolute Gasteiger partial charge is 0.340 e. The number of likely N-dealkylation sites (tertiary alicyclic amines) is 1. The molecule has 110 valence electrons. The van der Waals surface area contributed by atoms with Gasteiger partial charge < -0.3 is 10.2 Å². The Morgan fingerprint density at radius 3 is 3.00 bits per heavy atom. The maximum atomic E-state index is 12.3. The zero-order chi connectivity index (χ0) is 14.8. The highest BCUT2D eigenvalue weighted by Crippen LogP contribution is 2.10. The summed E-state index contributed by atoms with van der Waals surface area (Å²) in [5.74, 6) is -0.0352. The number of carbonyl (C=O) groups is 1. The summed E-state index contributed by atoms with van der Waals surface area (Å²) < 4.78 is 1.39. The topological polar surface area (TPSA) is 67.2 Å². The number of hydrogen-bond acceptors (Lipinski definition) is 4. The van der Waals surface area contributed by atoms with Crippen LogP contribution in [0.1, 0.15) is 6.42 Å². The molecule has 3 rings (SSSR count). The Balaban J connectivity index is 1.81. The van der Waals surface area contributed by atoms with Crippen LogP contribution in [0.5, 0.6) is 0 Å². The van der Waals surface area contributed by atoms with E-state index >= 15 is 0 Å². The van der Waals surface area contributed by atoms with Crippen LogP contribution in [-0.4, -0.2) is 46.5 Å². The molecule has 2 aromatic rings. The van der Waals surface area contributed by atoms with Crippen LogP contribution in [0.15, 0.2) is 35.4 Å². The number of likely N-dealkylation sites (N-methyl/N-ethyl adjacent to an activating group) is 1. The van der Waals surface area contributed by atoms with E-state index in [-0.39, 0.29) is 18.0 Å². The summed E-state index contributed by atoms with van der Waals surface area (Å²) in [6, 6.07) is 7.52. The number of aromatic nitrogens is 2. The molecule has 1 fully saturated rings. The van der Waals surface area contributed by atoms with Gasteiger partial charge >= 0.3 is 0 Å². The van der Waals surface area contributed by atoms with E-state index in [2.05, 4.69) is 10.3 Å². The van der Waals surface area contributed by atoms with Gasteiger partial charge in [-0.15, -0.1) is 0 Å². The number of nitrogens with zero attached hydrogens (tertiary/aromatic N) is 3. The summed E-state index contributed by atoms with van der Waals surface area (Å²) in [5.41, 5.74) is 0.487. The molecule has 0 spiro atoms. The van der Waals surface area contributed by atoms with Crippen molar-refractivity contribution in [2.45, 2.75) is 19.0 Å². The summed E-state index contributed by atoms with van der Waals surface area (Å²) in [4.78, 5) is 30.6. The Morgan fingerprint density at radius 1 is 1.43 bits per heavy atom. The number of rotatable bonds is 3. The minimum Gasteiger partial charge on any atom is -0.340 e. The highest BCUT2D eigenvalue weighted by molar-refractivity contribution is 5.79. The molecule has 1 aromatic heterocycles. The van der Waals surface area contributed by atoms with Crippen LogP contribution in [0.4, 0.5) is 0 Å². The third kappa shape index (κ3) is 2.67. The van der Waals surface area contributed by atoms with E-state index in [9.17, 15) is 9.59 Å². The maximum absolute atomic E-state index is 12.3. The van der Waals surface area contributed by atoms with E-state index in [1.807, 2.05) is 13.1 Å². The Bertz CT molecular complexity index is 725. The van der Waals surface area contributed by atoms with Crippen LogP contribution in [0.25, 0.3) is 10.9 Å². The van der Waals surface area contributed by atoms with Gasteiger partial charge in [-0.1, -0.05) is 12.1 Å². The standard InChI is InChI=1S/C15H18N4O2/c1-16-11-6-7-18(8-11)14(20)9-19-10-17-13-5-3-2-4-12(13)15(19)21/h2-5,10-11,16H,6-9H2,1H3. The van der Waals surface area contributed by atoms with Crippen molar-refractivity contribution in [1.82, 2.24) is 19.8 Å². The minimum absolute atomic E-state index is 0.0352. The lowest BCUT2D eigenvalue weighted by atomic mass is 10.2. The Kier molecular flexibility index (Phi) is 3.70. The summed E-state index contributed by atoms with van der Waals surface area (Å²) >= 11 is 0. The molecular formula is C15H18N4O2. The average Bonchev–Trinajstić information content (AvgIpc) is 2.99. The molecule has 6 nitrogen and oxygen atoms in total. The highest BCUT2D eigenvalue weighted by Gasteiger charge is 2.25. The van der Waals surface area contributed by atoms with Crippen LogP contribution >= 0.6 is 0 Å². The number of fused-ring (bicyclic) bond motifs is 1. The molecule has 1 N–H and O–H groups in total. The van der Waals surface area contributed by atoms with Crippen molar-refractivity contribution in [3.63, 3.8) is 0 Å². The van der Waals surface area contributed by atoms with E-state index in [0.29, 0.717) is 23.5 Å². The summed E-state index contributed by atoms with van der Waals surface area (Å²) in [6.45, 7) is 1.48. The van der Waals surface area contributed by atoms with E-state index < -0.39 is 0 Å². The molecule has 1 saturated heterocycles. The first-order valence-electron chi connectivity index (χ1n) is 7.08. The van der Waals surface area contributed by atoms with Crippen molar-refractivity contribution < 1.29 is 4.79 Å². The number of hydrogen-bond donors (Lipinski definition) is 1. The lowest BCUT2D eigenvalue weighted by Crippen LogP contribution is -2.37. The van der Waals surface area contributed by atoms with Gasteiger partial charge in [-0.25, -0.2) is 4.98 Å². The van der Waals surface area contributed by atoms with Gasteiger partial charge in [0, 0.05) is 19.1 Å². The second-order valence-electron chi connectivity index (χ2n) is 5.31. The van der Waals surface area contributed by atoms with Crippen LogP contribution in [0.2, 0.25) is 0 Å². The second kappa shape index (κ2) is 5.65. The highest BCUT2D eigenvalue weighted by atomic mass is 16.2. The number of nitrogens with one attached hydrogen (secondary N) is 1. The van der Waals surface area contributed by atoms with Gasteiger partial charge in [-0.2, -0.15) is 0 Å². The van der Waals surface area contributed by atoms with Crippen LogP contribution in [0, 0.1) is 0 Å². The molecule has 0 bridgehead atoms. The van der Waals surface area contributed by atoms with E-state index in [4.69, 9.17) is 0 Å². The molecule has 1 aromatic carbocycles. The molecule has 1 atom stereocenters. The predicted octanol–water partition coefficient (Wildman–Crippen LogP) is 0.217. The first-order chi connectivity index (χ1) is 10.2. The van der Waals surface area contributed by atoms with Crippen LogP contribution in [-0.2, 0) is 11.3 Å². The lowest BCUT2D eigenvalue weighted by Gasteiger charge is -2.17. The normalized spacial score (nSPS) is 18.3. The first-order valence-corrected chi connectivity index (χ1v) is 7.08. The summed E-state index contributed by atoms with van der Waals surface area (Å²) in [5, 5.41) is 3.72. The van der Waals surface area contributed by atoms with Gasteiger partial charge in [-0.05, 0) is 25.6 Å². The molecule has 6 heteroatoms. The quantitative estimate of drug-likeness (QED) is 0.876. The molecule has 1 aliphatic heterocycles. The Labute approximate surface area is 122 Å². The monoisotopic (exact) mass is 286 g/mol. The van der Waals surface area contributed by atoms with Gasteiger partial charge in [0.1, 0.15) is 6.54 Å². The number of carbonyl (C=O) groups excluding carboxylic acids is 1. The molecule has 0 radical (unpaired) electrons. The molecule has 0 saturated carbocycles. The molecule has 0 aliphatic carbocycles. The fourth-order valence-corrected chi connectivity index (χ4v) is 2.69. The van der Waals surface area contributed by atoms with Gasteiger partial charge in [0.15, 0.2) is 0 Å². The molecular weight excluding hydrogens is 268 g/mol. The van der Waals surface area contributed by atoms with Crippen molar-refractivity contribution in [3.8, 4) is 0 Å². The summed E-state index contributed by atoms with van der Waals surface area (Å²) in [6.07, 6.45) is 2.40. The van der Waals surface area contributed by atoms with Crippen LogP contribution < -0.4 is 10.9 Å². The van der Waals surface area contributed by atoms with Crippen LogP contribution in [0.3, 0.4) is 0 Å². The first kappa shape index (κ1) is 13.8. The average molecular weight is 286 g/mol. The summed E-state index contributed by atoms with van der Waals surface area (Å²) in [7, 11) is 1.90. The predicted molar refractivity (Wildman–Crippen MR) is 80.0 cm³/mol. The van der Waals surface area contributed by atoms with Crippen molar-refractivity contribution >= 4 is 16.8 Å². The molecule has 1 amide bonds.